The molecule has 2 aromatic rings. The third-order valence-corrected chi connectivity index (χ3v) is 6.99. The largest absolute Gasteiger partial charge is 0.269 e. The van der Waals surface area contributed by atoms with E-state index in [-0.39, 0.29) is 15.5 Å². The first-order valence-electron chi connectivity index (χ1n) is 7.46. The quantitative estimate of drug-likeness (QED) is 0.610. The smallest absolute Gasteiger partial charge is 0.263 e. The molecule has 11 heteroatoms. The first-order chi connectivity index (χ1) is 12.0. The van der Waals surface area contributed by atoms with Gasteiger partial charge < -0.3 is 0 Å². The second-order valence-electron chi connectivity index (χ2n) is 5.94. The van der Waals surface area contributed by atoms with Crippen LogP contribution in [0, 0.1) is 10.1 Å². The van der Waals surface area contributed by atoms with E-state index in [0.717, 1.165) is 12.1 Å². The zero-order chi connectivity index (χ0) is 19.3. The van der Waals surface area contributed by atoms with Crippen LogP contribution in [0.25, 0.3) is 0 Å². The van der Waals surface area contributed by atoms with Crippen molar-refractivity contribution >= 4 is 31.4 Å². The van der Waals surface area contributed by atoms with E-state index in [1.807, 2.05) is 0 Å². The van der Waals surface area contributed by atoms with Crippen LogP contribution in [0.5, 0.6) is 0 Å². The number of fused-ring (bicyclic) bond motifs is 1. The van der Waals surface area contributed by atoms with Crippen LogP contribution in [-0.4, -0.2) is 27.8 Å². The summed E-state index contributed by atoms with van der Waals surface area (Å²) in [6, 6.07) is 8.19. The molecular formula is C15H15N3O6S2. The number of primary sulfonamides is 1. The van der Waals surface area contributed by atoms with E-state index in [9.17, 15) is 26.9 Å². The lowest BCUT2D eigenvalue weighted by molar-refractivity contribution is -0.384. The van der Waals surface area contributed by atoms with Crippen LogP contribution in [0.15, 0.2) is 52.3 Å². The second-order valence-corrected chi connectivity index (χ2v) is 9.32. The lowest BCUT2D eigenvalue weighted by atomic mass is 10.1. The lowest BCUT2D eigenvalue weighted by Crippen LogP contribution is -2.35. The van der Waals surface area contributed by atoms with Crippen molar-refractivity contribution in [1.29, 1.82) is 0 Å². The second kappa shape index (κ2) is 6.04. The molecule has 0 aromatic heterocycles. The zero-order valence-electron chi connectivity index (χ0n) is 13.6. The van der Waals surface area contributed by atoms with Gasteiger partial charge >= 0.3 is 0 Å². The number of rotatable bonds is 4. The first-order valence-corrected chi connectivity index (χ1v) is 10.4. The molecule has 1 aliphatic rings. The summed E-state index contributed by atoms with van der Waals surface area (Å²) in [7, 11) is -7.85. The number of nitrogens with zero attached hydrogens (tertiary/aromatic N) is 2. The molecule has 9 nitrogen and oxygen atoms in total. The van der Waals surface area contributed by atoms with E-state index in [4.69, 9.17) is 5.14 Å². The number of benzene rings is 2. The fraction of sp³-hybridized carbons (Fsp3) is 0.200. The summed E-state index contributed by atoms with van der Waals surface area (Å²) < 4.78 is 50.1. The van der Waals surface area contributed by atoms with Crippen molar-refractivity contribution in [2.24, 2.45) is 5.14 Å². The summed E-state index contributed by atoms with van der Waals surface area (Å²) in [5.41, 5.74) is 0.703. The highest BCUT2D eigenvalue weighted by Gasteiger charge is 2.36. The van der Waals surface area contributed by atoms with Gasteiger partial charge in [0.2, 0.25) is 10.0 Å². The molecule has 138 valence electrons. The number of nitrogens with two attached hydrogens (primary N) is 1. The van der Waals surface area contributed by atoms with Gasteiger partial charge in [-0.2, -0.15) is 0 Å². The van der Waals surface area contributed by atoms with Crippen LogP contribution in [0.1, 0.15) is 12.5 Å². The Morgan fingerprint density at radius 2 is 1.65 bits per heavy atom. The van der Waals surface area contributed by atoms with Crippen LogP contribution < -0.4 is 9.44 Å². The predicted molar refractivity (Wildman–Crippen MR) is 93.7 cm³/mol. The Hall–Kier alpha value is -2.50. The summed E-state index contributed by atoms with van der Waals surface area (Å²) >= 11 is 0. The van der Waals surface area contributed by atoms with Crippen LogP contribution in [0.3, 0.4) is 0 Å². The van der Waals surface area contributed by atoms with Gasteiger partial charge in [-0.1, -0.05) is 0 Å². The highest BCUT2D eigenvalue weighted by Crippen LogP contribution is 2.38. The lowest BCUT2D eigenvalue weighted by Gasteiger charge is -2.24. The highest BCUT2D eigenvalue weighted by atomic mass is 32.2. The number of sulfonamides is 2. The summed E-state index contributed by atoms with van der Waals surface area (Å²) in [6.45, 7) is 1.69. The molecule has 0 fully saturated rings. The minimum absolute atomic E-state index is 0.0849. The number of non-ortho nitro benzene ring substituents is 1. The summed E-state index contributed by atoms with van der Waals surface area (Å²) in [4.78, 5) is 9.95. The van der Waals surface area contributed by atoms with Crippen LogP contribution in [0.2, 0.25) is 0 Å². The number of nitro benzene ring substituents is 1. The summed E-state index contributed by atoms with van der Waals surface area (Å²) in [5.74, 6) is 0. The molecule has 1 aliphatic heterocycles. The van der Waals surface area contributed by atoms with Crippen molar-refractivity contribution in [3.05, 3.63) is 58.1 Å². The standard InChI is InChI=1S/C15H15N3O6S2/c1-10-8-11-9-14(25(16,21)22)6-7-15(11)17(10)26(23,24)13-4-2-12(3-5-13)18(19)20/h2-7,9-10H,8H2,1H3,(H2,16,21,22). The number of hydrogen-bond acceptors (Lipinski definition) is 6. The maximum Gasteiger partial charge on any atom is 0.269 e. The van der Waals surface area contributed by atoms with Crippen LogP contribution >= 0.6 is 0 Å². The van der Waals surface area contributed by atoms with Crippen LogP contribution in [-0.2, 0) is 26.5 Å². The van der Waals surface area contributed by atoms with Gasteiger partial charge in [-0.25, -0.2) is 22.0 Å². The third kappa shape index (κ3) is 3.04. The van der Waals surface area contributed by atoms with Crippen molar-refractivity contribution in [3.63, 3.8) is 0 Å². The van der Waals surface area contributed by atoms with E-state index in [0.29, 0.717) is 17.7 Å². The Kier molecular flexibility index (Phi) is 4.25. The number of nitro groups is 1. The van der Waals surface area contributed by atoms with Gasteiger partial charge in [0.15, 0.2) is 0 Å². The molecule has 26 heavy (non-hydrogen) atoms. The maximum atomic E-state index is 13.0. The highest BCUT2D eigenvalue weighted by molar-refractivity contribution is 7.93. The summed E-state index contributed by atoms with van der Waals surface area (Å²) in [5, 5.41) is 15.9. The van der Waals surface area contributed by atoms with Gasteiger partial charge in [-0.3, -0.25) is 14.4 Å². The molecule has 3 rings (SSSR count). The van der Waals surface area contributed by atoms with Gasteiger partial charge in [-0.05, 0) is 49.2 Å². The molecule has 1 heterocycles. The molecular weight excluding hydrogens is 382 g/mol. The molecule has 1 atom stereocenters. The average Bonchev–Trinajstić information content (AvgIpc) is 2.89. The fourth-order valence-corrected chi connectivity index (χ4v) is 5.23. The van der Waals surface area contributed by atoms with Crippen LogP contribution in [0.4, 0.5) is 11.4 Å². The minimum atomic E-state index is -3.96. The van der Waals surface area contributed by atoms with E-state index in [2.05, 4.69) is 0 Å². The van der Waals surface area contributed by atoms with Crippen molar-refractivity contribution in [3.8, 4) is 0 Å². The average molecular weight is 397 g/mol. The van der Waals surface area contributed by atoms with E-state index in [1.165, 1.54) is 34.6 Å². The molecule has 0 aliphatic carbocycles. The Labute approximate surface area is 150 Å². The number of anilines is 1. The number of hydrogen-bond donors (Lipinski definition) is 1. The van der Waals surface area contributed by atoms with Gasteiger partial charge in [0, 0.05) is 18.2 Å². The Balaban J connectivity index is 2.06. The first kappa shape index (κ1) is 18.3. The van der Waals surface area contributed by atoms with Gasteiger partial charge in [0.1, 0.15) is 0 Å². The van der Waals surface area contributed by atoms with Crippen molar-refractivity contribution < 1.29 is 21.8 Å². The van der Waals surface area contributed by atoms with Crippen molar-refractivity contribution in [1.82, 2.24) is 0 Å². The Morgan fingerprint density at radius 1 is 1.08 bits per heavy atom. The minimum Gasteiger partial charge on any atom is -0.263 e. The molecule has 0 radical (unpaired) electrons. The monoisotopic (exact) mass is 397 g/mol. The Bertz CT molecular complexity index is 1090. The SMILES string of the molecule is CC1Cc2cc(S(N)(=O)=O)ccc2N1S(=O)(=O)c1ccc([N+](=O)[O-])cc1. The fourth-order valence-electron chi connectivity index (χ4n) is 2.98. The van der Waals surface area contributed by atoms with Crippen molar-refractivity contribution in [2.75, 3.05) is 4.31 Å². The molecule has 0 amide bonds. The molecule has 2 N–H and O–H groups in total. The predicted octanol–water partition coefficient (Wildman–Crippen LogP) is 1.38. The van der Waals surface area contributed by atoms with Gasteiger partial charge in [0.05, 0.1) is 20.4 Å². The van der Waals surface area contributed by atoms with E-state index < -0.39 is 31.0 Å². The topological polar surface area (TPSA) is 141 Å². The van der Waals surface area contributed by atoms with Crippen molar-refractivity contribution in [2.45, 2.75) is 29.2 Å². The molecule has 2 aromatic carbocycles. The molecule has 0 saturated heterocycles. The summed E-state index contributed by atoms with van der Waals surface area (Å²) in [6.07, 6.45) is 0.324. The molecule has 0 spiro atoms. The van der Waals surface area contributed by atoms with E-state index in [1.54, 1.807) is 6.92 Å². The zero-order valence-corrected chi connectivity index (χ0v) is 15.2. The maximum absolute atomic E-state index is 13.0. The molecule has 0 saturated carbocycles. The van der Waals surface area contributed by atoms with Gasteiger partial charge in [-0.15, -0.1) is 0 Å². The molecule has 0 bridgehead atoms. The van der Waals surface area contributed by atoms with Gasteiger partial charge in [0.25, 0.3) is 15.7 Å². The molecule has 1 unspecified atom stereocenters. The van der Waals surface area contributed by atoms with E-state index >= 15 is 0 Å². The Morgan fingerprint density at radius 3 is 2.19 bits per heavy atom. The third-order valence-electron chi connectivity index (χ3n) is 4.14. The normalized spacial score (nSPS) is 17.2.